The Balaban J connectivity index is 2.29. The van der Waals surface area contributed by atoms with E-state index in [1.807, 2.05) is 42.0 Å². The van der Waals surface area contributed by atoms with E-state index in [0.717, 1.165) is 17.6 Å². The molecule has 0 aliphatic carbocycles. The van der Waals surface area contributed by atoms with Crippen molar-refractivity contribution in [2.45, 2.75) is 39.2 Å². The summed E-state index contributed by atoms with van der Waals surface area (Å²) in [5.41, 5.74) is 2.04. The van der Waals surface area contributed by atoms with Gasteiger partial charge >= 0.3 is 0 Å². The molecule has 0 unspecified atom stereocenters. The number of hydrogen-bond donors (Lipinski definition) is 1. The first-order valence-electron chi connectivity index (χ1n) is 7.94. The highest BCUT2D eigenvalue weighted by molar-refractivity contribution is 5.80. The fraction of sp³-hybridized carbons (Fsp3) is 0.350. The van der Waals surface area contributed by atoms with Gasteiger partial charge in [-0.25, -0.2) is 0 Å². The van der Waals surface area contributed by atoms with Gasteiger partial charge in [-0.1, -0.05) is 29.9 Å². The van der Waals surface area contributed by atoms with Gasteiger partial charge in [0.15, 0.2) is 5.43 Å². The van der Waals surface area contributed by atoms with E-state index in [-0.39, 0.29) is 5.43 Å². The van der Waals surface area contributed by atoms with Gasteiger partial charge in [-0.2, -0.15) is 0 Å². The Kier molecular flexibility index (Phi) is 5.22. The molecule has 0 amide bonds. The lowest BCUT2D eigenvalue weighted by molar-refractivity contribution is 0.104. The molecule has 0 radical (unpaired) electrons. The Morgan fingerprint density at radius 3 is 2.70 bits per heavy atom. The zero-order chi connectivity index (χ0) is 17.0. The van der Waals surface area contributed by atoms with Crippen LogP contribution in [0.5, 0.6) is 0 Å². The smallest absolute Gasteiger partial charge is 0.190 e. The number of aryl methyl sites for hydroxylation is 1. The SMILES string of the molecule is CC(C)=CCC[C@@](C)(O)/C=C/c1cc(=O)c2ccccc2n1C. The number of benzene rings is 1. The standard InChI is InChI=1S/C20H25NO2/c1-15(2)8-7-12-20(3,23)13-11-16-14-19(22)17-9-5-6-10-18(17)21(16)4/h5-6,8-11,13-14,23H,7,12H2,1-4H3/b13-11+/t20-/m1/s1. The predicted octanol–water partition coefficient (Wildman–Crippen LogP) is 4.05. The number of pyridine rings is 1. The van der Waals surface area contributed by atoms with Crippen LogP contribution < -0.4 is 5.43 Å². The van der Waals surface area contributed by atoms with Gasteiger partial charge in [0.25, 0.3) is 0 Å². The summed E-state index contributed by atoms with van der Waals surface area (Å²) < 4.78 is 1.97. The van der Waals surface area contributed by atoms with Crippen LogP contribution in [0.15, 0.2) is 52.9 Å². The minimum Gasteiger partial charge on any atom is -0.386 e. The van der Waals surface area contributed by atoms with Crippen LogP contribution in [-0.4, -0.2) is 15.3 Å². The molecule has 0 aliphatic heterocycles. The molecule has 3 nitrogen and oxygen atoms in total. The fourth-order valence-electron chi connectivity index (χ4n) is 2.58. The summed E-state index contributed by atoms with van der Waals surface area (Å²) in [6.07, 6.45) is 7.20. The maximum atomic E-state index is 12.2. The quantitative estimate of drug-likeness (QED) is 0.847. The summed E-state index contributed by atoms with van der Waals surface area (Å²) in [5, 5.41) is 11.2. The maximum absolute atomic E-state index is 12.2. The third-order valence-electron chi connectivity index (χ3n) is 4.01. The lowest BCUT2D eigenvalue weighted by Crippen LogP contribution is -2.20. The van der Waals surface area contributed by atoms with Crippen LogP contribution in [0.3, 0.4) is 0 Å². The number of allylic oxidation sites excluding steroid dienone is 2. The summed E-state index contributed by atoms with van der Waals surface area (Å²) in [4.78, 5) is 12.2. The van der Waals surface area contributed by atoms with Crippen molar-refractivity contribution < 1.29 is 5.11 Å². The molecule has 1 heterocycles. The predicted molar refractivity (Wildman–Crippen MR) is 97.5 cm³/mol. The zero-order valence-electron chi connectivity index (χ0n) is 14.3. The minimum atomic E-state index is -0.895. The molecule has 1 atom stereocenters. The minimum absolute atomic E-state index is 0.00235. The molecule has 0 fully saturated rings. The summed E-state index contributed by atoms with van der Waals surface area (Å²) in [7, 11) is 1.93. The van der Waals surface area contributed by atoms with Gasteiger partial charge in [-0.15, -0.1) is 0 Å². The van der Waals surface area contributed by atoms with Crippen molar-refractivity contribution >= 4 is 17.0 Å². The zero-order valence-corrected chi connectivity index (χ0v) is 14.3. The highest BCUT2D eigenvalue weighted by Gasteiger charge is 2.15. The van der Waals surface area contributed by atoms with Crippen LogP contribution in [0.1, 0.15) is 39.3 Å². The van der Waals surface area contributed by atoms with E-state index in [2.05, 4.69) is 19.9 Å². The van der Waals surface area contributed by atoms with Crippen molar-refractivity contribution in [3.05, 3.63) is 64.0 Å². The average molecular weight is 311 g/mol. The second kappa shape index (κ2) is 6.97. The Labute approximate surface area is 137 Å². The van der Waals surface area contributed by atoms with Crippen molar-refractivity contribution in [3.8, 4) is 0 Å². The molecule has 1 N–H and O–H groups in total. The molecule has 122 valence electrons. The lowest BCUT2D eigenvalue weighted by Gasteiger charge is -2.18. The first kappa shape index (κ1) is 17.2. The number of aliphatic hydroxyl groups is 1. The molecule has 0 bridgehead atoms. The molecular formula is C20H25NO2. The summed E-state index contributed by atoms with van der Waals surface area (Å²) in [6, 6.07) is 9.17. The molecule has 2 rings (SSSR count). The van der Waals surface area contributed by atoms with E-state index < -0.39 is 5.60 Å². The van der Waals surface area contributed by atoms with Crippen molar-refractivity contribution in [1.82, 2.24) is 4.57 Å². The van der Waals surface area contributed by atoms with Crippen molar-refractivity contribution in [3.63, 3.8) is 0 Å². The molecule has 0 saturated carbocycles. The number of rotatable bonds is 5. The summed E-state index contributed by atoms with van der Waals surface area (Å²) >= 11 is 0. The van der Waals surface area contributed by atoms with E-state index in [1.165, 1.54) is 5.57 Å². The van der Waals surface area contributed by atoms with Crippen LogP contribution in [-0.2, 0) is 7.05 Å². The van der Waals surface area contributed by atoms with Crippen LogP contribution >= 0.6 is 0 Å². The van der Waals surface area contributed by atoms with E-state index in [1.54, 1.807) is 19.1 Å². The second-order valence-electron chi connectivity index (χ2n) is 6.52. The van der Waals surface area contributed by atoms with Gasteiger partial charge in [0, 0.05) is 24.2 Å². The molecule has 2 aromatic rings. The van der Waals surface area contributed by atoms with Crippen LogP contribution in [0.2, 0.25) is 0 Å². The Morgan fingerprint density at radius 1 is 1.30 bits per heavy atom. The molecule has 0 aliphatic rings. The van der Waals surface area contributed by atoms with Crippen molar-refractivity contribution in [2.75, 3.05) is 0 Å². The maximum Gasteiger partial charge on any atom is 0.190 e. The van der Waals surface area contributed by atoms with E-state index in [4.69, 9.17) is 0 Å². The van der Waals surface area contributed by atoms with Crippen LogP contribution in [0, 0.1) is 0 Å². The van der Waals surface area contributed by atoms with Gasteiger partial charge in [-0.05, 0) is 51.8 Å². The number of nitrogens with zero attached hydrogens (tertiary/aromatic N) is 1. The van der Waals surface area contributed by atoms with Crippen molar-refractivity contribution in [1.29, 1.82) is 0 Å². The topological polar surface area (TPSA) is 42.2 Å². The summed E-state index contributed by atoms with van der Waals surface area (Å²) in [6.45, 7) is 5.90. The highest BCUT2D eigenvalue weighted by atomic mass is 16.3. The summed E-state index contributed by atoms with van der Waals surface area (Å²) in [5.74, 6) is 0. The lowest BCUT2D eigenvalue weighted by atomic mass is 9.98. The number of aromatic nitrogens is 1. The molecule has 23 heavy (non-hydrogen) atoms. The van der Waals surface area contributed by atoms with Crippen LogP contribution in [0.25, 0.3) is 17.0 Å². The first-order valence-corrected chi connectivity index (χ1v) is 7.94. The fourth-order valence-corrected chi connectivity index (χ4v) is 2.58. The van der Waals surface area contributed by atoms with Gasteiger partial charge in [0.1, 0.15) is 0 Å². The number of para-hydroxylation sites is 1. The Morgan fingerprint density at radius 2 is 2.00 bits per heavy atom. The highest BCUT2D eigenvalue weighted by Crippen LogP contribution is 2.18. The van der Waals surface area contributed by atoms with E-state index in [0.29, 0.717) is 11.8 Å². The molecule has 1 aromatic carbocycles. The van der Waals surface area contributed by atoms with Gasteiger partial charge in [0.05, 0.1) is 11.1 Å². The van der Waals surface area contributed by atoms with Gasteiger partial charge < -0.3 is 9.67 Å². The normalized spacial score (nSPS) is 14.1. The number of fused-ring (bicyclic) bond motifs is 1. The van der Waals surface area contributed by atoms with E-state index in [9.17, 15) is 9.90 Å². The Bertz CT molecular complexity index is 806. The Hall–Kier alpha value is -2.13. The number of hydrogen-bond acceptors (Lipinski definition) is 2. The van der Waals surface area contributed by atoms with Gasteiger partial charge in [-0.3, -0.25) is 4.79 Å². The molecule has 1 aromatic heterocycles. The second-order valence-corrected chi connectivity index (χ2v) is 6.52. The molecule has 0 spiro atoms. The molecule has 3 heteroatoms. The third kappa shape index (κ3) is 4.42. The average Bonchev–Trinajstić information content (AvgIpc) is 2.49. The third-order valence-corrected chi connectivity index (χ3v) is 4.01. The molecule has 0 saturated heterocycles. The first-order chi connectivity index (χ1) is 10.8. The van der Waals surface area contributed by atoms with Gasteiger partial charge in [0.2, 0.25) is 0 Å². The van der Waals surface area contributed by atoms with Crippen LogP contribution in [0.4, 0.5) is 0 Å². The molecular weight excluding hydrogens is 286 g/mol. The monoisotopic (exact) mass is 311 g/mol. The largest absolute Gasteiger partial charge is 0.386 e. The van der Waals surface area contributed by atoms with E-state index >= 15 is 0 Å². The van der Waals surface area contributed by atoms with Crippen molar-refractivity contribution in [2.24, 2.45) is 7.05 Å².